The van der Waals surface area contributed by atoms with E-state index in [0.29, 0.717) is 4.88 Å². The summed E-state index contributed by atoms with van der Waals surface area (Å²) in [6.07, 6.45) is 0. The van der Waals surface area contributed by atoms with Crippen LogP contribution in [0.3, 0.4) is 0 Å². The molecule has 2 aromatic rings. The molecule has 1 aromatic carbocycles. The van der Waals surface area contributed by atoms with Crippen molar-refractivity contribution in [1.82, 2.24) is 10.4 Å². The van der Waals surface area contributed by atoms with Crippen LogP contribution in [0.5, 0.6) is 5.75 Å². The van der Waals surface area contributed by atoms with Crippen molar-refractivity contribution in [1.29, 1.82) is 0 Å². The Balaban J connectivity index is 2.61. The largest absolute Gasteiger partial charge is 0.496 e. The number of hydrazine groups is 1. The molecule has 0 bridgehead atoms. The zero-order chi connectivity index (χ0) is 15.6. The van der Waals surface area contributed by atoms with Gasteiger partial charge in [0.1, 0.15) is 15.6 Å². The monoisotopic (exact) mass is 305 g/mol. The highest BCUT2D eigenvalue weighted by Gasteiger charge is 2.27. The molecule has 1 aromatic heterocycles. The van der Waals surface area contributed by atoms with Crippen molar-refractivity contribution in [2.75, 3.05) is 7.11 Å². The Hall–Kier alpha value is -1.92. The van der Waals surface area contributed by atoms with Gasteiger partial charge in [0.25, 0.3) is 5.91 Å². The molecule has 0 aliphatic rings. The second kappa shape index (κ2) is 5.83. The summed E-state index contributed by atoms with van der Waals surface area (Å²) in [6.45, 7) is 6.05. The number of nitrogens with one attached hydrogen (secondary N) is 1. The lowest BCUT2D eigenvalue weighted by Gasteiger charge is -2.16. The van der Waals surface area contributed by atoms with E-state index in [1.54, 1.807) is 7.11 Å². The van der Waals surface area contributed by atoms with Gasteiger partial charge in [0, 0.05) is 5.41 Å². The normalized spacial score (nSPS) is 11.3. The fourth-order valence-electron chi connectivity index (χ4n) is 1.98. The Morgan fingerprint density at radius 1 is 1.33 bits per heavy atom. The summed E-state index contributed by atoms with van der Waals surface area (Å²) >= 11 is 1.32. The first-order chi connectivity index (χ1) is 9.88. The summed E-state index contributed by atoms with van der Waals surface area (Å²) in [7, 11) is 1.62. The number of para-hydroxylation sites is 1. The molecule has 0 unspecified atom stereocenters. The number of thiazole rings is 1. The third-order valence-electron chi connectivity index (χ3n) is 3.01. The van der Waals surface area contributed by atoms with Gasteiger partial charge < -0.3 is 4.74 Å². The molecular weight excluding hydrogens is 286 g/mol. The molecule has 6 heteroatoms. The highest BCUT2D eigenvalue weighted by molar-refractivity contribution is 7.17. The van der Waals surface area contributed by atoms with Crippen molar-refractivity contribution >= 4 is 17.2 Å². The first-order valence-electron chi connectivity index (χ1n) is 6.54. The number of hydrogen-bond donors (Lipinski definition) is 2. The van der Waals surface area contributed by atoms with Gasteiger partial charge in [-0.2, -0.15) is 0 Å². The van der Waals surface area contributed by atoms with E-state index in [2.05, 4.69) is 10.4 Å². The van der Waals surface area contributed by atoms with Gasteiger partial charge in [-0.15, -0.1) is 11.3 Å². The standard InChI is InChI=1S/C15H19N3O2S/c1-15(2,3)12-11(13(19)18-16)21-14(17-12)9-7-5-6-8-10(9)20-4/h5-8H,16H2,1-4H3,(H,18,19). The minimum absolute atomic E-state index is 0.251. The van der Waals surface area contributed by atoms with E-state index in [1.807, 2.05) is 45.0 Å². The molecule has 5 nitrogen and oxygen atoms in total. The fraction of sp³-hybridized carbons (Fsp3) is 0.333. The van der Waals surface area contributed by atoms with Gasteiger partial charge in [-0.25, -0.2) is 10.8 Å². The zero-order valence-electron chi connectivity index (χ0n) is 12.6. The van der Waals surface area contributed by atoms with Crippen LogP contribution in [0.1, 0.15) is 36.1 Å². The van der Waals surface area contributed by atoms with E-state index in [9.17, 15) is 4.79 Å². The molecule has 0 atom stereocenters. The lowest BCUT2D eigenvalue weighted by atomic mass is 9.91. The second-order valence-corrected chi connectivity index (χ2v) is 6.62. The number of rotatable bonds is 3. The van der Waals surface area contributed by atoms with Gasteiger partial charge in [0.15, 0.2) is 0 Å². The molecule has 0 saturated carbocycles. The molecule has 1 heterocycles. The van der Waals surface area contributed by atoms with Crippen LogP contribution in [0, 0.1) is 0 Å². The van der Waals surface area contributed by atoms with Gasteiger partial charge >= 0.3 is 0 Å². The molecule has 0 spiro atoms. The topological polar surface area (TPSA) is 77.2 Å². The molecule has 0 radical (unpaired) electrons. The van der Waals surface area contributed by atoms with Gasteiger partial charge in [-0.05, 0) is 12.1 Å². The fourth-order valence-corrected chi connectivity index (χ4v) is 3.19. The minimum atomic E-state index is -0.321. The summed E-state index contributed by atoms with van der Waals surface area (Å²) in [5.74, 6) is 5.68. The number of benzene rings is 1. The Kier molecular flexibility index (Phi) is 4.29. The van der Waals surface area contributed by atoms with Crippen LogP contribution in [0.4, 0.5) is 0 Å². The Labute approximate surface area is 128 Å². The predicted octanol–water partition coefficient (Wildman–Crippen LogP) is 2.72. The molecule has 0 aliphatic carbocycles. The number of nitrogen functional groups attached to an aromatic ring is 1. The molecule has 0 saturated heterocycles. The van der Waals surface area contributed by atoms with E-state index in [1.165, 1.54) is 11.3 Å². The van der Waals surface area contributed by atoms with E-state index < -0.39 is 0 Å². The molecular formula is C15H19N3O2S. The van der Waals surface area contributed by atoms with Crippen molar-refractivity contribution in [2.24, 2.45) is 5.84 Å². The van der Waals surface area contributed by atoms with Crippen LogP contribution in [-0.2, 0) is 5.41 Å². The summed E-state index contributed by atoms with van der Waals surface area (Å²) in [6, 6.07) is 7.61. The molecule has 1 amide bonds. The van der Waals surface area contributed by atoms with Crippen molar-refractivity contribution < 1.29 is 9.53 Å². The van der Waals surface area contributed by atoms with E-state index >= 15 is 0 Å². The Morgan fingerprint density at radius 3 is 2.57 bits per heavy atom. The van der Waals surface area contributed by atoms with Gasteiger partial charge in [0.2, 0.25) is 0 Å². The lowest BCUT2D eigenvalue weighted by Crippen LogP contribution is -2.31. The zero-order valence-corrected chi connectivity index (χ0v) is 13.4. The highest BCUT2D eigenvalue weighted by atomic mass is 32.1. The average Bonchev–Trinajstić information content (AvgIpc) is 2.91. The molecule has 0 fully saturated rings. The maximum Gasteiger partial charge on any atom is 0.277 e. The highest BCUT2D eigenvalue weighted by Crippen LogP contribution is 2.37. The Bertz CT molecular complexity index is 659. The van der Waals surface area contributed by atoms with Crippen LogP contribution in [0.25, 0.3) is 10.6 Å². The quantitative estimate of drug-likeness (QED) is 0.519. The van der Waals surface area contributed by atoms with E-state index in [0.717, 1.165) is 22.0 Å². The third-order valence-corrected chi connectivity index (χ3v) is 4.10. The number of carbonyl (C=O) groups excluding carboxylic acids is 1. The molecule has 3 N–H and O–H groups in total. The third kappa shape index (κ3) is 3.06. The van der Waals surface area contributed by atoms with Crippen LogP contribution in [-0.4, -0.2) is 18.0 Å². The lowest BCUT2D eigenvalue weighted by molar-refractivity contribution is 0.0955. The van der Waals surface area contributed by atoms with Crippen molar-refractivity contribution in [3.05, 3.63) is 34.8 Å². The maximum absolute atomic E-state index is 12.0. The number of ether oxygens (including phenoxy) is 1. The first-order valence-corrected chi connectivity index (χ1v) is 7.35. The van der Waals surface area contributed by atoms with Crippen LogP contribution in [0.15, 0.2) is 24.3 Å². The number of aromatic nitrogens is 1. The Morgan fingerprint density at radius 2 is 2.00 bits per heavy atom. The first kappa shape index (κ1) is 15.5. The second-order valence-electron chi connectivity index (χ2n) is 5.62. The molecule has 0 aliphatic heterocycles. The van der Waals surface area contributed by atoms with Crippen LogP contribution < -0.4 is 16.0 Å². The summed E-state index contributed by atoms with van der Waals surface area (Å²) < 4.78 is 5.36. The average molecular weight is 305 g/mol. The number of nitrogens with zero attached hydrogens (tertiary/aromatic N) is 1. The van der Waals surface area contributed by atoms with Crippen LogP contribution in [0.2, 0.25) is 0 Å². The summed E-state index contributed by atoms with van der Waals surface area (Å²) in [5.41, 5.74) is 3.54. The molecule has 2 rings (SSSR count). The van der Waals surface area contributed by atoms with Crippen LogP contribution >= 0.6 is 11.3 Å². The van der Waals surface area contributed by atoms with Crippen molar-refractivity contribution in [3.8, 4) is 16.3 Å². The maximum atomic E-state index is 12.0. The van der Waals surface area contributed by atoms with E-state index in [4.69, 9.17) is 10.6 Å². The van der Waals surface area contributed by atoms with Gasteiger partial charge in [0.05, 0.1) is 18.4 Å². The van der Waals surface area contributed by atoms with Gasteiger partial charge in [-0.3, -0.25) is 10.2 Å². The van der Waals surface area contributed by atoms with E-state index in [-0.39, 0.29) is 11.3 Å². The predicted molar refractivity (Wildman–Crippen MR) is 84.5 cm³/mol. The number of amides is 1. The summed E-state index contributed by atoms with van der Waals surface area (Å²) in [4.78, 5) is 17.2. The number of hydrogen-bond acceptors (Lipinski definition) is 5. The number of nitrogens with two attached hydrogens (primary N) is 1. The van der Waals surface area contributed by atoms with Gasteiger partial charge in [-0.1, -0.05) is 32.9 Å². The molecule has 112 valence electrons. The SMILES string of the molecule is COc1ccccc1-c1nc(C(C)(C)C)c(C(=O)NN)s1. The van der Waals surface area contributed by atoms with Crippen molar-refractivity contribution in [3.63, 3.8) is 0 Å². The minimum Gasteiger partial charge on any atom is -0.496 e. The molecule has 21 heavy (non-hydrogen) atoms. The smallest absolute Gasteiger partial charge is 0.277 e. The van der Waals surface area contributed by atoms with Crippen molar-refractivity contribution in [2.45, 2.75) is 26.2 Å². The number of methoxy groups -OCH3 is 1. The number of carbonyl (C=O) groups is 1. The summed E-state index contributed by atoms with van der Waals surface area (Å²) in [5, 5.41) is 0.746.